The number of aldehydes is 1. The van der Waals surface area contributed by atoms with Gasteiger partial charge in [0.1, 0.15) is 6.29 Å². The van der Waals surface area contributed by atoms with E-state index < -0.39 is 0 Å². The average Bonchev–Trinajstić information content (AvgIpc) is 2.74. The molecule has 0 aliphatic carbocycles. The number of hydrogen-bond donors (Lipinski definition) is 2. The van der Waals surface area contributed by atoms with E-state index >= 15 is 0 Å². The van der Waals surface area contributed by atoms with Gasteiger partial charge in [-0.05, 0) is 50.1 Å². The topological polar surface area (TPSA) is 108 Å². The summed E-state index contributed by atoms with van der Waals surface area (Å²) in [5, 5.41) is 11.1. The van der Waals surface area contributed by atoms with Gasteiger partial charge in [-0.25, -0.2) is 0 Å². The van der Waals surface area contributed by atoms with Crippen molar-refractivity contribution >= 4 is 23.8 Å². The van der Waals surface area contributed by atoms with Gasteiger partial charge in [-0.2, -0.15) is 0 Å². The Balaban J connectivity index is 1.47. The fourth-order valence-corrected chi connectivity index (χ4v) is 3.96. The number of anilines is 1. The lowest BCUT2D eigenvalue weighted by Gasteiger charge is -2.41. The van der Waals surface area contributed by atoms with E-state index in [4.69, 9.17) is 14.6 Å². The van der Waals surface area contributed by atoms with E-state index in [1.165, 1.54) is 0 Å². The summed E-state index contributed by atoms with van der Waals surface area (Å²) in [4.78, 5) is 39.2. The third-order valence-corrected chi connectivity index (χ3v) is 5.86. The van der Waals surface area contributed by atoms with E-state index in [-0.39, 0.29) is 30.6 Å². The van der Waals surface area contributed by atoms with Crippen molar-refractivity contribution in [3.8, 4) is 0 Å². The summed E-state index contributed by atoms with van der Waals surface area (Å²) in [7, 11) is 1.84. The first-order chi connectivity index (χ1) is 15.5. The number of aliphatic hydroxyl groups is 1. The minimum absolute atomic E-state index is 0.150. The summed E-state index contributed by atoms with van der Waals surface area (Å²) >= 11 is 0. The highest BCUT2D eigenvalue weighted by Gasteiger charge is 2.31. The number of piperidine rings is 1. The van der Waals surface area contributed by atoms with Crippen LogP contribution in [0.4, 0.5) is 5.69 Å². The zero-order chi connectivity index (χ0) is 22.9. The second-order valence-corrected chi connectivity index (χ2v) is 8.32. The molecule has 176 valence electrons. The van der Waals surface area contributed by atoms with Crippen LogP contribution in [0.5, 0.6) is 0 Å². The van der Waals surface area contributed by atoms with Crippen LogP contribution in [0, 0.1) is 0 Å². The van der Waals surface area contributed by atoms with E-state index in [1.807, 2.05) is 30.1 Å². The Morgan fingerprint density at radius 1 is 1.22 bits per heavy atom. The fraction of sp³-hybridized carbons (Fsp3) is 0.609. The standard InChI is InChI=1S/C23H33N3O6/c1-25(21-6-7-22(29)24-23(21)30)13-18-12-19(5-4-17(18)16-28)26-14-20(15-26)32-11-3-10-31-9-2-8-27/h4-5,12,16,20-21,27H,2-3,6-11,13-15H2,1H3,(H,24,29,30). The Kier molecular flexibility index (Phi) is 9.16. The maximum absolute atomic E-state index is 12.1. The van der Waals surface area contributed by atoms with Crippen molar-refractivity contribution in [2.75, 3.05) is 51.5 Å². The second-order valence-electron chi connectivity index (χ2n) is 8.32. The number of nitrogens with one attached hydrogen (secondary N) is 1. The molecule has 2 amide bonds. The highest BCUT2D eigenvalue weighted by atomic mass is 16.5. The predicted molar refractivity (Wildman–Crippen MR) is 119 cm³/mol. The van der Waals surface area contributed by atoms with Gasteiger partial charge >= 0.3 is 0 Å². The highest BCUT2D eigenvalue weighted by molar-refractivity contribution is 6.00. The lowest BCUT2D eigenvalue weighted by Crippen LogP contribution is -2.52. The molecule has 3 rings (SSSR count). The van der Waals surface area contributed by atoms with Crippen LogP contribution in [0.2, 0.25) is 0 Å². The molecule has 2 heterocycles. The van der Waals surface area contributed by atoms with Crippen LogP contribution in [0.15, 0.2) is 18.2 Å². The van der Waals surface area contributed by atoms with Gasteiger partial charge in [0.15, 0.2) is 0 Å². The zero-order valence-electron chi connectivity index (χ0n) is 18.6. The third-order valence-electron chi connectivity index (χ3n) is 5.86. The van der Waals surface area contributed by atoms with Crippen LogP contribution < -0.4 is 10.2 Å². The smallest absolute Gasteiger partial charge is 0.243 e. The summed E-state index contributed by atoms with van der Waals surface area (Å²) in [5.74, 6) is -0.520. The number of benzene rings is 1. The molecule has 2 fully saturated rings. The minimum Gasteiger partial charge on any atom is -0.396 e. The summed E-state index contributed by atoms with van der Waals surface area (Å²) in [5.41, 5.74) is 2.48. The molecule has 2 aliphatic heterocycles. The van der Waals surface area contributed by atoms with Gasteiger partial charge in [0.25, 0.3) is 0 Å². The molecular weight excluding hydrogens is 414 g/mol. The number of carbonyl (C=O) groups excluding carboxylic acids is 3. The fourth-order valence-electron chi connectivity index (χ4n) is 3.96. The van der Waals surface area contributed by atoms with Crippen LogP contribution >= 0.6 is 0 Å². The Labute approximate surface area is 188 Å². The lowest BCUT2D eigenvalue weighted by molar-refractivity contribution is -0.137. The van der Waals surface area contributed by atoms with E-state index in [9.17, 15) is 14.4 Å². The molecule has 0 bridgehead atoms. The highest BCUT2D eigenvalue weighted by Crippen LogP contribution is 2.26. The molecule has 1 aromatic rings. The molecule has 1 unspecified atom stereocenters. The molecule has 0 aromatic heterocycles. The van der Waals surface area contributed by atoms with E-state index in [2.05, 4.69) is 10.2 Å². The molecule has 0 spiro atoms. The maximum Gasteiger partial charge on any atom is 0.243 e. The van der Waals surface area contributed by atoms with Crippen molar-refractivity contribution < 1.29 is 29.0 Å². The predicted octanol–water partition coefficient (Wildman–Crippen LogP) is 0.730. The lowest BCUT2D eigenvalue weighted by atomic mass is 10.0. The molecule has 9 nitrogen and oxygen atoms in total. The summed E-state index contributed by atoms with van der Waals surface area (Å²) in [6.07, 6.45) is 3.30. The molecule has 2 saturated heterocycles. The Hall–Kier alpha value is -2.33. The van der Waals surface area contributed by atoms with Gasteiger partial charge in [0, 0.05) is 63.7 Å². The molecule has 32 heavy (non-hydrogen) atoms. The molecule has 2 N–H and O–H groups in total. The normalized spacial score (nSPS) is 19.2. The number of amides is 2. The number of aliphatic hydroxyl groups excluding tert-OH is 1. The molecular formula is C23H33N3O6. The quantitative estimate of drug-likeness (QED) is 0.259. The van der Waals surface area contributed by atoms with E-state index in [1.54, 1.807) is 0 Å². The minimum atomic E-state index is -0.384. The number of ether oxygens (including phenoxy) is 2. The first kappa shape index (κ1) is 24.3. The molecule has 0 radical (unpaired) electrons. The van der Waals surface area contributed by atoms with Crippen LogP contribution in [0.25, 0.3) is 0 Å². The Bertz CT molecular complexity index is 796. The molecule has 1 atom stereocenters. The summed E-state index contributed by atoms with van der Waals surface area (Å²) in [6.45, 7) is 4.01. The SMILES string of the molecule is CN(Cc1cc(N2CC(OCCCOCCCO)C2)ccc1C=O)C1CCC(=O)NC1=O. The van der Waals surface area contributed by atoms with E-state index in [0.29, 0.717) is 51.2 Å². The Morgan fingerprint density at radius 2 is 2.00 bits per heavy atom. The summed E-state index contributed by atoms with van der Waals surface area (Å²) in [6, 6.07) is 5.36. The van der Waals surface area contributed by atoms with E-state index in [0.717, 1.165) is 37.0 Å². The average molecular weight is 448 g/mol. The van der Waals surface area contributed by atoms with Gasteiger partial charge in [-0.1, -0.05) is 0 Å². The van der Waals surface area contributed by atoms with Crippen LogP contribution in [0.3, 0.4) is 0 Å². The maximum atomic E-state index is 12.1. The van der Waals surface area contributed by atoms with Gasteiger partial charge in [-0.3, -0.25) is 24.6 Å². The van der Waals surface area contributed by atoms with Crippen LogP contribution in [-0.4, -0.2) is 86.8 Å². The van der Waals surface area contributed by atoms with Gasteiger partial charge in [-0.15, -0.1) is 0 Å². The van der Waals surface area contributed by atoms with Crippen LogP contribution in [0.1, 0.15) is 41.6 Å². The first-order valence-electron chi connectivity index (χ1n) is 11.2. The number of carbonyl (C=O) groups is 3. The monoisotopic (exact) mass is 447 g/mol. The number of imide groups is 1. The van der Waals surface area contributed by atoms with Gasteiger partial charge in [0.2, 0.25) is 11.8 Å². The Morgan fingerprint density at radius 3 is 2.72 bits per heavy atom. The van der Waals surface area contributed by atoms with Crippen molar-refractivity contribution in [2.24, 2.45) is 0 Å². The molecule has 9 heteroatoms. The zero-order valence-corrected chi connectivity index (χ0v) is 18.6. The van der Waals surface area contributed by atoms with Crippen molar-refractivity contribution in [1.82, 2.24) is 10.2 Å². The molecule has 2 aliphatic rings. The number of hydrogen-bond acceptors (Lipinski definition) is 8. The second kappa shape index (κ2) is 12.1. The van der Waals surface area contributed by atoms with Gasteiger partial charge < -0.3 is 19.5 Å². The number of nitrogens with zero attached hydrogens (tertiary/aromatic N) is 2. The van der Waals surface area contributed by atoms with Crippen molar-refractivity contribution in [2.45, 2.75) is 44.4 Å². The molecule has 0 saturated carbocycles. The van der Waals surface area contributed by atoms with Gasteiger partial charge in [0.05, 0.1) is 12.1 Å². The van der Waals surface area contributed by atoms with Crippen molar-refractivity contribution in [1.29, 1.82) is 0 Å². The number of rotatable bonds is 13. The third kappa shape index (κ3) is 6.59. The van der Waals surface area contributed by atoms with Crippen LogP contribution in [-0.2, 0) is 25.6 Å². The van der Waals surface area contributed by atoms with Crippen molar-refractivity contribution in [3.63, 3.8) is 0 Å². The largest absolute Gasteiger partial charge is 0.396 e. The number of likely N-dealkylation sites (N-methyl/N-ethyl adjacent to an activating group) is 1. The summed E-state index contributed by atoms with van der Waals surface area (Å²) < 4.78 is 11.3. The first-order valence-corrected chi connectivity index (χ1v) is 11.2. The molecule has 1 aromatic carbocycles. The van der Waals surface area contributed by atoms with Crippen molar-refractivity contribution in [3.05, 3.63) is 29.3 Å².